The highest BCUT2D eigenvalue weighted by molar-refractivity contribution is 5.99. The van der Waals surface area contributed by atoms with Crippen LogP contribution in [0.1, 0.15) is 24.1 Å². The first-order valence-corrected chi connectivity index (χ1v) is 5.41. The summed E-state index contributed by atoms with van der Waals surface area (Å²) in [6.45, 7) is 1.24. The van der Waals surface area contributed by atoms with Gasteiger partial charge < -0.3 is 15.7 Å². The highest BCUT2D eigenvalue weighted by atomic mass is 16.3. The van der Waals surface area contributed by atoms with Crippen molar-refractivity contribution in [1.29, 1.82) is 0 Å². The molecule has 90 valence electrons. The van der Waals surface area contributed by atoms with Gasteiger partial charge in [0.15, 0.2) is 0 Å². The van der Waals surface area contributed by atoms with E-state index in [9.17, 15) is 14.7 Å². The predicted octanol–water partition coefficient (Wildman–Crippen LogP) is 0.351. The number of hydrogen-bond donors (Lipinski definition) is 3. The van der Waals surface area contributed by atoms with Crippen LogP contribution in [-0.4, -0.2) is 23.5 Å². The number of nitrogens with one attached hydrogen (secondary N) is 2. The molecule has 0 fully saturated rings. The van der Waals surface area contributed by atoms with Gasteiger partial charge in [-0.3, -0.25) is 9.59 Å². The molecule has 5 nitrogen and oxygen atoms in total. The van der Waals surface area contributed by atoms with Crippen LogP contribution < -0.4 is 10.6 Å². The number of fused-ring (bicyclic) bond motifs is 1. The van der Waals surface area contributed by atoms with E-state index in [1.807, 2.05) is 6.07 Å². The molecule has 0 bridgehead atoms. The number of aliphatic hydroxyl groups is 1. The maximum Gasteiger partial charge on any atom is 0.228 e. The maximum atomic E-state index is 11.2. The number of amides is 2. The van der Waals surface area contributed by atoms with Gasteiger partial charge in [-0.2, -0.15) is 0 Å². The van der Waals surface area contributed by atoms with Crippen molar-refractivity contribution in [3.63, 3.8) is 0 Å². The average Bonchev–Trinajstić information content (AvgIpc) is 2.64. The number of carbonyl (C=O) groups is 2. The summed E-state index contributed by atoms with van der Waals surface area (Å²) in [5.41, 5.74) is 2.51. The van der Waals surface area contributed by atoms with Gasteiger partial charge in [0, 0.05) is 12.6 Å². The molecule has 2 rings (SSSR count). The molecule has 1 aromatic rings. The monoisotopic (exact) mass is 234 g/mol. The number of rotatable bonds is 3. The summed E-state index contributed by atoms with van der Waals surface area (Å²) in [5, 5.41) is 14.6. The molecule has 1 aliphatic heterocycles. The van der Waals surface area contributed by atoms with Crippen LogP contribution in [0.3, 0.4) is 0 Å². The molecule has 0 radical (unpaired) electrons. The second-order valence-corrected chi connectivity index (χ2v) is 4.08. The largest absolute Gasteiger partial charge is 0.394 e. The van der Waals surface area contributed by atoms with Crippen LogP contribution in [0.4, 0.5) is 5.69 Å². The molecule has 0 saturated heterocycles. The van der Waals surface area contributed by atoms with Gasteiger partial charge in [-0.05, 0) is 17.2 Å². The van der Waals surface area contributed by atoms with Gasteiger partial charge >= 0.3 is 0 Å². The first-order chi connectivity index (χ1) is 8.10. The summed E-state index contributed by atoms with van der Waals surface area (Å²) in [6.07, 6.45) is 0.349. The van der Waals surface area contributed by atoms with Crippen LogP contribution >= 0.6 is 0 Å². The summed E-state index contributed by atoms with van der Waals surface area (Å²) in [6, 6.07) is 5.00. The molecule has 1 atom stereocenters. The van der Waals surface area contributed by atoms with Gasteiger partial charge in [0.1, 0.15) is 0 Å². The van der Waals surface area contributed by atoms with Crippen LogP contribution in [0.15, 0.2) is 18.2 Å². The number of carbonyl (C=O) groups excluding carboxylic acids is 2. The third kappa shape index (κ3) is 2.45. The Morgan fingerprint density at radius 1 is 1.59 bits per heavy atom. The molecule has 0 aromatic heterocycles. The molecule has 1 heterocycles. The molecule has 17 heavy (non-hydrogen) atoms. The fourth-order valence-corrected chi connectivity index (χ4v) is 1.95. The number of hydrogen-bond acceptors (Lipinski definition) is 3. The minimum Gasteiger partial charge on any atom is -0.394 e. The molecule has 1 aromatic carbocycles. The Hall–Kier alpha value is -1.88. The van der Waals surface area contributed by atoms with Crippen molar-refractivity contribution >= 4 is 17.5 Å². The van der Waals surface area contributed by atoms with E-state index in [4.69, 9.17) is 0 Å². The minimum absolute atomic E-state index is 0.0303. The smallest absolute Gasteiger partial charge is 0.228 e. The maximum absolute atomic E-state index is 11.2. The first-order valence-electron chi connectivity index (χ1n) is 5.41. The fourth-order valence-electron chi connectivity index (χ4n) is 1.95. The SMILES string of the molecule is CC(=O)NC(CO)c1ccc2c(c1)CC(=O)N2. The topological polar surface area (TPSA) is 78.4 Å². The van der Waals surface area contributed by atoms with Crippen molar-refractivity contribution in [3.05, 3.63) is 29.3 Å². The van der Waals surface area contributed by atoms with Gasteiger partial charge in [0.25, 0.3) is 0 Å². The lowest BCUT2D eigenvalue weighted by Gasteiger charge is -2.16. The molecule has 0 aliphatic carbocycles. The van der Waals surface area contributed by atoms with Crippen molar-refractivity contribution in [2.75, 3.05) is 11.9 Å². The highest BCUT2D eigenvalue weighted by Crippen LogP contribution is 2.26. The van der Waals surface area contributed by atoms with E-state index in [1.54, 1.807) is 12.1 Å². The van der Waals surface area contributed by atoms with Gasteiger partial charge in [-0.15, -0.1) is 0 Å². The van der Waals surface area contributed by atoms with Crippen molar-refractivity contribution in [1.82, 2.24) is 5.32 Å². The van der Waals surface area contributed by atoms with Crippen LogP contribution in [0.5, 0.6) is 0 Å². The highest BCUT2D eigenvalue weighted by Gasteiger charge is 2.20. The lowest BCUT2D eigenvalue weighted by molar-refractivity contribution is -0.120. The second kappa shape index (κ2) is 4.55. The van der Waals surface area contributed by atoms with E-state index < -0.39 is 6.04 Å². The van der Waals surface area contributed by atoms with Crippen molar-refractivity contribution < 1.29 is 14.7 Å². The predicted molar refractivity (Wildman–Crippen MR) is 62.4 cm³/mol. The molecule has 2 amide bonds. The third-order valence-corrected chi connectivity index (χ3v) is 2.72. The lowest BCUT2D eigenvalue weighted by Crippen LogP contribution is -2.28. The van der Waals surface area contributed by atoms with Gasteiger partial charge in [0.05, 0.1) is 19.1 Å². The Kier molecular flexibility index (Phi) is 3.10. The van der Waals surface area contributed by atoms with Crippen molar-refractivity contribution in [2.24, 2.45) is 0 Å². The molecule has 0 saturated carbocycles. The zero-order valence-electron chi connectivity index (χ0n) is 9.49. The standard InChI is InChI=1S/C12H14N2O3/c1-7(16)13-11(6-15)8-2-3-10-9(4-8)5-12(17)14-10/h2-4,11,15H,5-6H2,1H3,(H,13,16)(H,14,17). The van der Waals surface area contributed by atoms with E-state index >= 15 is 0 Å². The normalized spacial score (nSPS) is 15.1. The Labute approximate surface area is 98.8 Å². The molecular weight excluding hydrogens is 220 g/mol. The summed E-state index contributed by atoms with van der Waals surface area (Å²) in [5.74, 6) is -0.226. The molecule has 1 unspecified atom stereocenters. The van der Waals surface area contributed by atoms with Crippen LogP contribution in [0, 0.1) is 0 Å². The van der Waals surface area contributed by atoms with E-state index in [0.29, 0.717) is 6.42 Å². The zero-order chi connectivity index (χ0) is 12.4. The lowest BCUT2D eigenvalue weighted by atomic mass is 10.0. The Balaban J connectivity index is 2.24. The number of benzene rings is 1. The van der Waals surface area contributed by atoms with Crippen LogP contribution in [-0.2, 0) is 16.0 Å². The van der Waals surface area contributed by atoms with E-state index in [2.05, 4.69) is 10.6 Å². The molecule has 3 N–H and O–H groups in total. The molecular formula is C12H14N2O3. The van der Waals surface area contributed by atoms with Gasteiger partial charge in [-0.25, -0.2) is 0 Å². The summed E-state index contributed by atoms with van der Waals surface area (Å²) < 4.78 is 0. The molecule has 1 aliphatic rings. The van der Waals surface area contributed by atoms with Crippen LogP contribution in [0.25, 0.3) is 0 Å². The van der Waals surface area contributed by atoms with Crippen molar-refractivity contribution in [2.45, 2.75) is 19.4 Å². The minimum atomic E-state index is -0.423. The Morgan fingerprint density at radius 3 is 3.00 bits per heavy atom. The molecule has 5 heteroatoms. The Bertz CT molecular complexity index is 471. The van der Waals surface area contributed by atoms with Gasteiger partial charge in [-0.1, -0.05) is 12.1 Å². The summed E-state index contributed by atoms with van der Waals surface area (Å²) in [4.78, 5) is 22.2. The second-order valence-electron chi connectivity index (χ2n) is 4.08. The summed E-state index contributed by atoms with van der Waals surface area (Å²) in [7, 11) is 0. The van der Waals surface area contributed by atoms with Gasteiger partial charge in [0.2, 0.25) is 11.8 Å². The Morgan fingerprint density at radius 2 is 2.35 bits per heavy atom. The third-order valence-electron chi connectivity index (χ3n) is 2.72. The van der Waals surface area contributed by atoms with Crippen molar-refractivity contribution in [3.8, 4) is 0 Å². The van der Waals surface area contributed by atoms with E-state index in [-0.39, 0.29) is 18.4 Å². The number of anilines is 1. The van der Waals surface area contributed by atoms with E-state index in [1.165, 1.54) is 6.92 Å². The fraction of sp³-hybridized carbons (Fsp3) is 0.333. The first kappa shape index (κ1) is 11.6. The quantitative estimate of drug-likeness (QED) is 0.706. The summed E-state index contributed by atoms with van der Waals surface area (Å²) >= 11 is 0. The van der Waals surface area contributed by atoms with E-state index in [0.717, 1.165) is 16.8 Å². The van der Waals surface area contributed by atoms with Crippen LogP contribution in [0.2, 0.25) is 0 Å². The average molecular weight is 234 g/mol. The molecule has 0 spiro atoms. The number of aliphatic hydroxyl groups excluding tert-OH is 1. The zero-order valence-corrected chi connectivity index (χ0v) is 9.49.